The Labute approximate surface area is 199 Å². The van der Waals surface area contributed by atoms with E-state index in [4.69, 9.17) is 32.7 Å². The van der Waals surface area contributed by atoms with Gasteiger partial charge in [0.1, 0.15) is 12.1 Å². The summed E-state index contributed by atoms with van der Waals surface area (Å²) < 4.78 is 10.6. The highest BCUT2D eigenvalue weighted by Gasteiger charge is 2.10. The smallest absolute Gasteiger partial charge is 0.323 e. The predicted octanol–water partition coefficient (Wildman–Crippen LogP) is 6.34. The molecule has 0 fully saturated rings. The van der Waals surface area contributed by atoms with Crippen molar-refractivity contribution < 1.29 is 14.3 Å². The predicted molar refractivity (Wildman–Crippen MR) is 131 cm³/mol. The fourth-order valence-corrected chi connectivity index (χ4v) is 3.73. The topological polar surface area (TPSA) is 97.4 Å². The number of carbonyl (C=O) groups is 1. The molecule has 1 aromatic heterocycles. The lowest BCUT2D eigenvalue weighted by atomic mass is 10.2. The largest absolute Gasteiger partial charge is 0.493 e. The van der Waals surface area contributed by atoms with Crippen molar-refractivity contribution in [3.05, 3.63) is 71.0 Å². The van der Waals surface area contributed by atoms with Gasteiger partial charge in [0, 0.05) is 38.6 Å². The van der Waals surface area contributed by atoms with Crippen molar-refractivity contribution in [1.29, 1.82) is 0 Å². The number of hydrogen-bond acceptors (Lipinski definition) is 6. The number of nitrogens with zero attached hydrogens (tertiary/aromatic N) is 2. The van der Waals surface area contributed by atoms with Crippen molar-refractivity contribution in [3.63, 3.8) is 0 Å². The molecule has 0 aliphatic rings. The monoisotopic (exact) mass is 483 g/mol. The molecule has 4 aromatic rings. The summed E-state index contributed by atoms with van der Waals surface area (Å²) >= 11 is 12.0. The van der Waals surface area contributed by atoms with E-state index in [0.717, 1.165) is 11.1 Å². The van der Waals surface area contributed by atoms with E-state index in [0.29, 0.717) is 44.3 Å². The summed E-state index contributed by atoms with van der Waals surface area (Å²) in [6.07, 6.45) is 1.47. The van der Waals surface area contributed by atoms with E-state index in [2.05, 4.69) is 25.9 Å². The first kappa shape index (κ1) is 22.4. The number of rotatable bonds is 6. The second-order valence-electron chi connectivity index (χ2n) is 6.89. The highest BCUT2D eigenvalue weighted by molar-refractivity contribution is 6.35. The van der Waals surface area contributed by atoms with Gasteiger partial charge in [-0.25, -0.2) is 14.8 Å². The van der Waals surface area contributed by atoms with Crippen molar-refractivity contribution in [2.75, 3.05) is 30.2 Å². The lowest BCUT2D eigenvalue weighted by Gasteiger charge is -2.13. The van der Waals surface area contributed by atoms with Crippen LogP contribution in [-0.4, -0.2) is 30.2 Å². The number of methoxy groups -OCH3 is 2. The van der Waals surface area contributed by atoms with Gasteiger partial charge in [-0.3, -0.25) is 0 Å². The third-order valence-electron chi connectivity index (χ3n) is 4.66. The molecule has 10 heteroatoms. The van der Waals surface area contributed by atoms with Gasteiger partial charge in [-0.05, 0) is 48.5 Å². The van der Waals surface area contributed by atoms with E-state index in [-0.39, 0.29) is 0 Å². The zero-order valence-corrected chi connectivity index (χ0v) is 19.2. The minimum atomic E-state index is -0.445. The van der Waals surface area contributed by atoms with Gasteiger partial charge in [-0.1, -0.05) is 23.2 Å². The molecule has 3 N–H and O–H groups in total. The molecule has 0 atom stereocenters. The van der Waals surface area contributed by atoms with Crippen LogP contribution in [0.3, 0.4) is 0 Å². The third kappa shape index (κ3) is 5.36. The number of carbonyl (C=O) groups excluding carboxylic acids is 1. The lowest BCUT2D eigenvalue weighted by Crippen LogP contribution is -2.19. The fourth-order valence-electron chi connectivity index (χ4n) is 3.20. The lowest BCUT2D eigenvalue weighted by molar-refractivity contribution is 0.262. The highest BCUT2D eigenvalue weighted by atomic mass is 35.5. The normalized spacial score (nSPS) is 10.5. The van der Waals surface area contributed by atoms with Crippen molar-refractivity contribution >= 4 is 63.0 Å². The van der Waals surface area contributed by atoms with E-state index in [9.17, 15) is 4.79 Å². The Balaban J connectivity index is 1.57. The van der Waals surface area contributed by atoms with E-state index in [1.807, 2.05) is 6.07 Å². The molecule has 8 nitrogen and oxygen atoms in total. The Morgan fingerprint density at radius 2 is 1.48 bits per heavy atom. The number of amides is 2. The van der Waals surface area contributed by atoms with Gasteiger partial charge < -0.3 is 25.4 Å². The number of benzene rings is 3. The molecule has 4 rings (SSSR count). The second-order valence-corrected chi connectivity index (χ2v) is 7.76. The van der Waals surface area contributed by atoms with Crippen LogP contribution in [0.5, 0.6) is 11.5 Å². The number of hydrogen-bond donors (Lipinski definition) is 3. The van der Waals surface area contributed by atoms with Crippen LogP contribution in [0.1, 0.15) is 0 Å². The van der Waals surface area contributed by atoms with Crippen LogP contribution in [-0.2, 0) is 0 Å². The Morgan fingerprint density at radius 1 is 0.788 bits per heavy atom. The zero-order valence-electron chi connectivity index (χ0n) is 17.6. The van der Waals surface area contributed by atoms with Crippen LogP contribution in [0.25, 0.3) is 10.9 Å². The molecule has 33 heavy (non-hydrogen) atoms. The molecule has 0 unspecified atom stereocenters. The molecule has 0 radical (unpaired) electrons. The van der Waals surface area contributed by atoms with E-state index < -0.39 is 6.03 Å². The SMILES string of the molecule is COc1ccc(Nc2ncnc3ccc(NC(=O)Nc4cc(Cl)cc(Cl)c4)cc23)cc1OC. The maximum absolute atomic E-state index is 12.5. The van der Waals surface area contributed by atoms with Gasteiger partial charge in [-0.2, -0.15) is 0 Å². The molecular formula is C23H19Cl2N5O3. The maximum atomic E-state index is 12.5. The zero-order chi connectivity index (χ0) is 23.4. The van der Waals surface area contributed by atoms with Crippen LogP contribution in [0.2, 0.25) is 10.0 Å². The van der Waals surface area contributed by atoms with E-state index in [1.165, 1.54) is 6.33 Å². The summed E-state index contributed by atoms with van der Waals surface area (Å²) in [6.45, 7) is 0. The van der Waals surface area contributed by atoms with Crippen LogP contribution in [0.15, 0.2) is 60.9 Å². The average Bonchev–Trinajstić information content (AvgIpc) is 2.78. The maximum Gasteiger partial charge on any atom is 0.323 e. The van der Waals surface area contributed by atoms with Gasteiger partial charge in [-0.15, -0.1) is 0 Å². The Kier molecular flexibility index (Phi) is 6.67. The number of ether oxygens (including phenoxy) is 2. The standard InChI is InChI=1S/C23H19Cl2N5O3/c1-32-20-6-4-16(11-21(20)33-2)28-22-18-10-15(3-5-19(18)26-12-27-22)29-23(31)30-17-8-13(24)7-14(25)9-17/h3-12H,1-2H3,(H,26,27,28)(H2,29,30,31). The Morgan fingerprint density at radius 3 is 2.21 bits per heavy atom. The molecule has 0 aliphatic carbocycles. The molecule has 0 saturated carbocycles. The number of anilines is 4. The molecular weight excluding hydrogens is 465 g/mol. The molecule has 2 amide bonds. The molecule has 0 bridgehead atoms. The van der Waals surface area contributed by atoms with Gasteiger partial charge in [0.25, 0.3) is 0 Å². The summed E-state index contributed by atoms with van der Waals surface area (Å²) in [5.74, 6) is 1.77. The quantitative estimate of drug-likeness (QED) is 0.296. The van der Waals surface area contributed by atoms with Gasteiger partial charge in [0.2, 0.25) is 0 Å². The van der Waals surface area contributed by atoms with E-state index >= 15 is 0 Å². The number of nitrogens with one attached hydrogen (secondary N) is 3. The van der Waals surface area contributed by atoms with E-state index in [1.54, 1.807) is 62.8 Å². The summed E-state index contributed by atoms with van der Waals surface area (Å²) in [4.78, 5) is 21.1. The summed E-state index contributed by atoms with van der Waals surface area (Å²) in [5, 5.41) is 10.3. The van der Waals surface area contributed by atoms with Gasteiger partial charge >= 0.3 is 6.03 Å². The van der Waals surface area contributed by atoms with Crippen LogP contribution in [0.4, 0.5) is 27.7 Å². The van der Waals surface area contributed by atoms with Gasteiger partial charge in [0.15, 0.2) is 11.5 Å². The first-order chi connectivity index (χ1) is 15.9. The summed E-state index contributed by atoms with van der Waals surface area (Å²) in [7, 11) is 3.15. The molecule has 1 heterocycles. The average molecular weight is 484 g/mol. The fraction of sp³-hybridized carbons (Fsp3) is 0.0870. The number of aromatic nitrogens is 2. The van der Waals surface area contributed by atoms with Crippen molar-refractivity contribution in [1.82, 2.24) is 9.97 Å². The van der Waals surface area contributed by atoms with Crippen molar-refractivity contribution in [2.24, 2.45) is 0 Å². The Bertz CT molecular complexity index is 1310. The van der Waals surface area contributed by atoms with Crippen LogP contribution < -0.4 is 25.4 Å². The number of halogens is 2. The highest BCUT2D eigenvalue weighted by Crippen LogP contribution is 2.32. The number of urea groups is 1. The van der Waals surface area contributed by atoms with Crippen LogP contribution in [0, 0.1) is 0 Å². The number of fused-ring (bicyclic) bond motifs is 1. The molecule has 0 spiro atoms. The minimum absolute atomic E-state index is 0.423. The third-order valence-corrected chi connectivity index (χ3v) is 5.10. The van der Waals surface area contributed by atoms with Crippen molar-refractivity contribution in [3.8, 4) is 11.5 Å². The van der Waals surface area contributed by atoms with Crippen LogP contribution >= 0.6 is 23.2 Å². The first-order valence-corrected chi connectivity index (χ1v) is 10.5. The summed E-state index contributed by atoms with van der Waals surface area (Å²) in [6, 6.07) is 15.1. The van der Waals surface area contributed by atoms with Crippen molar-refractivity contribution in [2.45, 2.75) is 0 Å². The van der Waals surface area contributed by atoms with Gasteiger partial charge in [0.05, 0.1) is 19.7 Å². The first-order valence-electron chi connectivity index (χ1n) is 9.73. The minimum Gasteiger partial charge on any atom is -0.493 e. The Hall–Kier alpha value is -3.75. The molecule has 0 saturated heterocycles. The molecule has 0 aliphatic heterocycles. The second kappa shape index (κ2) is 9.81. The molecule has 168 valence electrons. The summed E-state index contributed by atoms with van der Waals surface area (Å²) in [5.41, 5.74) is 2.49. The molecule has 3 aromatic carbocycles.